The third-order valence-corrected chi connectivity index (χ3v) is 3.38. The van der Waals surface area contributed by atoms with Gasteiger partial charge in [0.1, 0.15) is 5.82 Å². The molecule has 0 aliphatic rings. The van der Waals surface area contributed by atoms with Crippen molar-refractivity contribution >= 4 is 15.9 Å². The van der Waals surface area contributed by atoms with Crippen molar-refractivity contribution in [3.8, 4) is 11.3 Å². The number of halogens is 1. The molecule has 4 heteroatoms. The molecular weight excluding hydrogens is 290 g/mol. The highest BCUT2D eigenvalue weighted by Crippen LogP contribution is 2.21. The molecule has 2 rings (SSSR count). The predicted molar refractivity (Wildman–Crippen MR) is 77.3 cm³/mol. The van der Waals surface area contributed by atoms with E-state index in [9.17, 15) is 0 Å². The Morgan fingerprint density at radius 2 is 1.94 bits per heavy atom. The van der Waals surface area contributed by atoms with Crippen LogP contribution in [0.2, 0.25) is 0 Å². The number of nitrogens with zero attached hydrogens (tertiary/aromatic N) is 2. The third-order valence-electron chi connectivity index (χ3n) is 2.85. The minimum Gasteiger partial charge on any atom is -0.330 e. The molecule has 0 aliphatic carbocycles. The molecule has 0 saturated carbocycles. The van der Waals surface area contributed by atoms with Crippen molar-refractivity contribution < 1.29 is 0 Å². The van der Waals surface area contributed by atoms with Gasteiger partial charge < -0.3 is 5.73 Å². The van der Waals surface area contributed by atoms with Gasteiger partial charge in [0.25, 0.3) is 0 Å². The summed E-state index contributed by atoms with van der Waals surface area (Å²) >= 11 is 3.43. The maximum Gasteiger partial charge on any atom is 0.131 e. The zero-order valence-corrected chi connectivity index (χ0v) is 11.9. The van der Waals surface area contributed by atoms with Gasteiger partial charge in [0, 0.05) is 22.2 Å². The maximum absolute atomic E-state index is 5.57. The molecular formula is C14H16BrN3. The molecule has 1 aromatic heterocycles. The number of nitrogens with two attached hydrogens (primary N) is 1. The summed E-state index contributed by atoms with van der Waals surface area (Å²) in [6, 6.07) is 10.1. The highest BCUT2D eigenvalue weighted by Gasteiger charge is 2.09. The molecule has 1 atom stereocenters. The summed E-state index contributed by atoms with van der Waals surface area (Å²) in [5.74, 6) is 1.16. The van der Waals surface area contributed by atoms with Gasteiger partial charge in [0.05, 0.1) is 5.69 Å². The molecule has 0 bridgehead atoms. The maximum atomic E-state index is 5.57. The van der Waals surface area contributed by atoms with Crippen LogP contribution >= 0.6 is 15.9 Å². The van der Waals surface area contributed by atoms with Crippen molar-refractivity contribution in [2.24, 2.45) is 5.73 Å². The second-order valence-electron chi connectivity index (χ2n) is 4.29. The summed E-state index contributed by atoms with van der Waals surface area (Å²) in [5.41, 5.74) is 7.63. The molecule has 1 heterocycles. The molecule has 0 saturated heterocycles. The second-order valence-corrected chi connectivity index (χ2v) is 5.20. The average molecular weight is 306 g/mol. The van der Waals surface area contributed by atoms with Crippen molar-refractivity contribution in [3.05, 3.63) is 46.8 Å². The smallest absolute Gasteiger partial charge is 0.131 e. The Labute approximate surface area is 116 Å². The van der Waals surface area contributed by atoms with Gasteiger partial charge in [-0.25, -0.2) is 9.97 Å². The van der Waals surface area contributed by atoms with E-state index in [0.717, 1.165) is 28.0 Å². The van der Waals surface area contributed by atoms with Gasteiger partial charge in [-0.2, -0.15) is 0 Å². The average Bonchev–Trinajstić information content (AvgIpc) is 2.40. The van der Waals surface area contributed by atoms with Crippen LogP contribution in [0.5, 0.6) is 0 Å². The van der Waals surface area contributed by atoms with Crippen LogP contribution in [0.4, 0.5) is 0 Å². The highest BCUT2D eigenvalue weighted by atomic mass is 79.9. The van der Waals surface area contributed by atoms with Crippen molar-refractivity contribution in [3.63, 3.8) is 0 Å². The van der Waals surface area contributed by atoms with E-state index in [0.29, 0.717) is 12.5 Å². The Morgan fingerprint density at radius 3 is 2.61 bits per heavy atom. The van der Waals surface area contributed by atoms with Gasteiger partial charge in [-0.05, 0) is 31.2 Å². The molecule has 2 aromatic rings. The molecule has 0 fully saturated rings. The van der Waals surface area contributed by atoms with Gasteiger partial charge in [0.2, 0.25) is 0 Å². The van der Waals surface area contributed by atoms with Gasteiger partial charge in [-0.15, -0.1) is 0 Å². The van der Waals surface area contributed by atoms with E-state index >= 15 is 0 Å². The van der Waals surface area contributed by atoms with Crippen molar-refractivity contribution in [2.75, 3.05) is 6.54 Å². The molecule has 0 radical (unpaired) electrons. The first-order chi connectivity index (χ1) is 8.70. The fourth-order valence-electron chi connectivity index (χ4n) is 1.77. The van der Waals surface area contributed by atoms with Crippen LogP contribution in [0.25, 0.3) is 11.3 Å². The monoisotopic (exact) mass is 305 g/mol. The van der Waals surface area contributed by atoms with Crippen LogP contribution in [0, 0.1) is 0 Å². The van der Waals surface area contributed by atoms with Gasteiger partial charge >= 0.3 is 0 Å². The van der Waals surface area contributed by atoms with Crippen molar-refractivity contribution in [1.82, 2.24) is 9.97 Å². The summed E-state index contributed by atoms with van der Waals surface area (Å²) in [4.78, 5) is 8.93. The van der Waals surface area contributed by atoms with E-state index in [1.165, 1.54) is 0 Å². The molecule has 0 aliphatic heterocycles. The molecule has 0 amide bonds. The number of hydrogen-bond acceptors (Lipinski definition) is 3. The lowest BCUT2D eigenvalue weighted by molar-refractivity contribution is 0.647. The van der Waals surface area contributed by atoms with Crippen LogP contribution in [-0.2, 0) is 0 Å². The van der Waals surface area contributed by atoms with E-state index < -0.39 is 0 Å². The Hall–Kier alpha value is -1.26. The number of benzene rings is 1. The van der Waals surface area contributed by atoms with E-state index in [1.54, 1.807) is 0 Å². The quantitative estimate of drug-likeness (QED) is 0.942. The van der Waals surface area contributed by atoms with Crippen molar-refractivity contribution in [1.29, 1.82) is 0 Å². The Bertz CT molecular complexity index is 511. The summed E-state index contributed by atoms with van der Waals surface area (Å²) in [6.45, 7) is 2.76. The summed E-state index contributed by atoms with van der Waals surface area (Å²) in [5, 5.41) is 0. The Kier molecular flexibility index (Phi) is 4.44. The third kappa shape index (κ3) is 3.15. The zero-order chi connectivity index (χ0) is 13.0. The molecule has 0 spiro atoms. The minimum atomic E-state index is 0.297. The fraction of sp³-hybridized carbons (Fsp3) is 0.286. The van der Waals surface area contributed by atoms with Gasteiger partial charge in [-0.1, -0.05) is 35.0 Å². The summed E-state index contributed by atoms with van der Waals surface area (Å²) in [7, 11) is 0. The van der Waals surface area contributed by atoms with E-state index in [4.69, 9.17) is 5.73 Å². The van der Waals surface area contributed by atoms with E-state index in [2.05, 4.69) is 32.8 Å². The zero-order valence-electron chi connectivity index (χ0n) is 10.3. The molecule has 1 unspecified atom stereocenters. The van der Waals surface area contributed by atoms with Crippen LogP contribution in [-0.4, -0.2) is 16.5 Å². The SMILES string of the molecule is CC(CCN)c1nccc(-c2ccc(Br)cc2)n1. The molecule has 1 aromatic carbocycles. The Balaban J connectivity index is 2.29. The molecule has 94 valence electrons. The number of hydrogen-bond donors (Lipinski definition) is 1. The molecule has 3 nitrogen and oxygen atoms in total. The highest BCUT2D eigenvalue weighted by molar-refractivity contribution is 9.10. The predicted octanol–water partition coefficient (Wildman–Crippen LogP) is 3.36. The summed E-state index contributed by atoms with van der Waals surface area (Å²) in [6.07, 6.45) is 2.72. The normalized spacial score (nSPS) is 12.4. The van der Waals surface area contributed by atoms with E-state index in [-0.39, 0.29) is 0 Å². The first-order valence-corrected chi connectivity index (χ1v) is 6.79. The molecule has 18 heavy (non-hydrogen) atoms. The van der Waals surface area contributed by atoms with Crippen LogP contribution in [0.3, 0.4) is 0 Å². The van der Waals surface area contributed by atoms with Crippen LogP contribution in [0.1, 0.15) is 25.1 Å². The standard InChI is InChI=1S/C14H16BrN3/c1-10(6-8-16)14-17-9-7-13(18-14)11-2-4-12(15)5-3-11/h2-5,7,9-10H,6,8,16H2,1H3. The van der Waals surface area contributed by atoms with Crippen molar-refractivity contribution in [2.45, 2.75) is 19.3 Å². The lowest BCUT2D eigenvalue weighted by Gasteiger charge is -2.09. The van der Waals surface area contributed by atoms with Gasteiger partial charge in [-0.3, -0.25) is 0 Å². The van der Waals surface area contributed by atoms with Crippen LogP contribution in [0.15, 0.2) is 41.0 Å². The first kappa shape index (κ1) is 13.2. The van der Waals surface area contributed by atoms with Crippen LogP contribution < -0.4 is 5.73 Å². The topological polar surface area (TPSA) is 51.8 Å². The second kappa shape index (κ2) is 6.07. The number of aromatic nitrogens is 2. The Morgan fingerprint density at radius 1 is 1.22 bits per heavy atom. The largest absolute Gasteiger partial charge is 0.330 e. The van der Waals surface area contributed by atoms with Gasteiger partial charge in [0.15, 0.2) is 0 Å². The van der Waals surface area contributed by atoms with E-state index in [1.807, 2.05) is 36.5 Å². The summed E-state index contributed by atoms with van der Waals surface area (Å²) < 4.78 is 1.07. The molecule has 2 N–H and O–H groups in total. The lowest BCUT2D eigenvalue weighted by atomic mass is 10.1. The number of rotatable bonds is 4. The fourth-order valence-corrected chi connectivity index (χ4v) is 2.04. The first-order valence-electron chi connectivity index (χ1n) is 5.99. The minimum absolute atomic E-state index is 0.297. The lowest BCUT2D eigenvalue weighted by Crippen LogP contribution is -2.08.